The Hall–Kier alpha value is -3.54. The van der Waals surface area contributed by atoms with Gasteiger partial charge in [-0.1, -0.05) is 26.7 Å². The van der Waals surface area contributed by atoms with Gasteiger partial charge in [0.15, 0.2) is 17.3 Å². The van der Waals surface area contributed by atoms with Crippen molar-refractivity contribution in [3.8, 4) is 5.69 Å². The smallest absolute Gasteiger partial charge is 0.442 e. The van der Waals surface area contributed by atoms with Crippen molar-refractivity contribution >= 4 is 34.5 Å². The van der Waals surface area contributed by atoms with Gasteiger partial charge in [-0.3, -0.25) is 0 Å². The number of halogens is 2. The number of hydrogen-bond acceptors (Lipinski definition) is 8. The number of nitrogens with zero attached hydrogens (tertiary/aromatic N) is 7. The van der Waals surface area contributed by atoms with Crippen molar-refractivity contribution in [2.75, 3.05) is 24.5 Å². The van der Waals surface area contributed by atoms with E-state index in [1.165, 1.54) is 17.0 Å². The molecular weight excluding hydrogens is 541 g/mol. The molecule has 4 heterocycles. The van der Waals surface area contributed by atoms with E-state index in [4.69, 9.17) is 16.3 Å². The molecule has 0 aliphatic carbocycles. The summed E-state index contributed by atoms with van der Waals surface area (Å²) in [6.45, 7) is 12.2. The highest BCUT2D eigenvalue weighted by Crippen LogP contribution is 2.30. The maximum Gasteiger partial charge on any atom is 0.442 e. The predicted octanol–water partition coefficient (Wildman–Crippen LogP) is 3.84. The van der Waals surface area contributed by atoms with Gasteiger partial charge in [0, 0.05) is 25.7 Å². The predicted molar refractivity (Wildman–Crippen MR) is 148 cm³/mol. The number of carbonyl (C=O) groups is 1. The molecule has 1 aliphatic rings. The van der Waals surface area contributed by atoms with Crippen molar-refractivity contribution in [2.24, 2.45) is 0 Å². The van der Waals surface area contributed by atoms with Crippen LogP contribution in [0.4, 0.5) is 15.0 Å². The number of aryl methyl sites for hydroxylation is 2. The summed E-state index contributed by atoms with van der Waals surface area (Å²) in [6.07, 6.45) is 3.63. The van der Waals surface area contributed by atoms with Crippen molar-refractivity contribution in [3.63, 3.8) is 0 Å². The molecule has 1 atom stereocenters. The largest absolute Gasteiger partial charge is 0.444 e. The Balaban J connectivity index is 1.91. The molecule has 0 spiro atoms. The normalized spacial score (nSPS) is 16.1. The van der Waals surface area contributed by atoms with E-state index in [9.17, 15) is 19.2 Å². The van der Waals surface area contributed by atoms with Crippen LogP contribution in [0.3, 0.4) is 0 Å². The van der Waals surface area contributed by atoms with Crippen LogP contribution in [0.1, 0.15) is 65.8 Å². The van der Waals surface area contributed by atoms with Crippen LogP contribution in [0.2, 0.25) is 5.15 Å². The summed E-state index contributed by atoms with van der Waals surface area (Å²) in [4.78, 5) is 43.2. The first-order valence-electron chi connectivity index (χ1n) is 13.5. The molecule has 1 saturated heterocycles. The van der Waals surface area contributed by atoms with Crippen LogP contribution < -0.4 is 15.3 Å². The number of aromatic nitrogens is 5. The monoisotopic (exact) mass is 576 g/mol. The zero-order valence-electron chi connectivity index (χ0n) is 23.7. The first-order valence-corrected chi connectivity index (χ1v) is 13.9. The lowest BCUT2D eigenvalue weighted by atomic mass is 10.1. The number of ether oxygens (including phenoxy) is 1. The fraction of sp³-hybridized carbons (Fsp3) is 0.556. The lowest BCUT2D eigenvalue weighted by Gasteiger charge is -2.40. The molecule has 1 N–H and O–H groups in total. The van der Waals surface area contributed by atoms with Crippen molar-refractivity contribution in [1.82, 2.24) is 24.4 Å². The fourth-order valence-corrected chi connectivity index (χ4v) is 5.10. The van der Waals surface area contributed by atoms with Gasteiger partial charge in [-0.25, -0.2) is 23.9 Å². The topological polar surface area (TPSA) is 118 Å². The van der Waals surface area contributed by atoms with Gasteiger partial charge < -0.3 is 19.7 Å². The van der Waals surface area contributed by atoms with E-state index >= 15 is 0 Å². The van der Waals surface area contributed by atoms with Gasteiger partial charge in [0.1, 0.15) is 17.3 Å². The summed E-state index contributed by atoms with van der Waals surface area (Å²) in [5.41, 5.74) is 0.248. The van der Waals surface area contributed by atoms with Crippen LogP contribution in [-0.2, 0) is 17.6 Å². The summed E-state index contributed by atoms with van der Waals surface area (Å²) in [6, 6.07) is 0.864. The van der Waals surface area contributed by atoms with Crippen LogP contribution >= 0.6 is 11.6 Å². The lowest BCUT2D eigenvalue weighted by Crippen LogP contribution is -2.55. The first-order chi connectivity index (χ1) is 18.9. The molecule has 0 saturated carbocycles. The Kier molecular flexibility index (Phi) is 8.48. The van der Waals surface area contributed by atoms with Crippen molar-refractivity contribution < 1.29 is 23.9 Å². The Labute approximate surface area is 237 Å². The number of rotatable bonds is 6. The average molecular weight is 577 g/mol. The standard InChI is InChI=1S/C27H36ClFN7O4/c1-7-9-19-21(20(10-8-2)31-15-30-19)35-24-17(13-18(29)22(28)36(24)39)23(32-25(35)37)34-12-11-33(14-16(34)3)26(38)40-27(4,5)6/h13,15-16,39H,7-12,14H2,1-6H3/q+1/t16-/m0/s1. The van der Waals surface area contributed by atoms with E-state index in [2.05, 4.69) is 15.0 Å². The Morgan fingerprint density at radius 3 is 2.38 bits per heavy atom. The molecule has 40 heavy (non-hydrogen) atoms. The molecule has 1 fully saturated rings. The number of carbonyl (C=O) groups excluding carboxylic acids is 1. The van der Waals surface area contributed by atoms with Crippen LogP contribution in [-0.4, -0.2) is 67.0 Å². The minimum atomic E-state index is -0.878. The summed E-state index contributed by atoms with van der Waals surface area (Å²) in [5.74, 6) is -0.700. The van der Waals surface area contributed by atoms with Crippen molar-refractivity contribution in [3.05, 3.63) is 45.2 Å². The SMILES string of the molecule is CCCc1ncnc(CCC)c1-n1c(=O)nc(N2CCN(C(=O)OC(C)(C)C)C[C@@H]2C)c2cc(F)c(Cl)[n+](O)c21. The van der Waals surface area contributed by atoms with E-state index in [1.54, 1.807) is 25.7 Å². The van der Waals surface area contributed by atoms with Gasteiger partial charge in [0.2, 0.25) is 0 Å². The zero-order chi connectivity index (χ0) is 29.4. The number of fused-ring (bicyclic) bond motifs is 1. The number of pyridine rings is 1. The average Bonchev–Trinajstić information content (AvgIpc) is 2.87. The lowest BCUT2D eigenvalue weighted by molar-refractivity contribution is -0.885. The Morgan fingerprint density at radius 1 is 1.20 bits per heavy atom. The van der Waals surface area contributed by atoms with Crippen molar-refractivity contribution in [2.45, 2.75) is 78.9 Å². The van der Waals surface area contributed by atoms with E-state index in [0.717, 1.165) is 12.8 Å². The third-order valence-corrected chi connectivity index (χ3v) is 7.00. The van der Waals surface area contributed by atoms with E-state index in [0.29, 0.717) is 54.3 Å². The van der Waals surface area contributed by atoms with E-state index in [-0.39, 0.29) is 22.9 Å². The Bertz CT molecular complexity index is 1470. The second kappa shape index (κ2) is 11.5. The first kappa shape index (κ1) is 29.4. The molecule has 1 amide bonds. The van der Waals surface area contributed by atoms with Gasteiger partial charge in [-0.2, -0.15) is 4.98 Å². The molecule has 0 bridgehead atoms. The molecule has 0 unspecified atom stereocenters. The van der Waals surface area contributed by atoms with Crippen LogP contribution in [0.5, 0.6) is 0 Å². The number of amides is 1. The summed E-state index contributed by atoms with van der Waals surface area (Å²) >= 11 is 6.14. The zero-order valence-corrected chi connectivity index (χ0v) is 24.5. The van der Waals surface area contributed by atoms with Crippen LogP contribution in [0.15, 0.2) is 17.2 Å². The Morgan fingerprint density at radius 2 is 1.82 bits per heavy atom. The molecule has 1 aliphatic heterocycles. The molecule has 0 aromatic carbocycles. The number of anilines is 1. The minimum Gasteiger partial charge on any atom is -0.444 e. The van der Waals surface area contributed by atoms with Crippen LogP contribution in [0.25, 0.3) is 16.7 Å². The second-order valence-corrected chi connectivity index (χ2v) is 11.3. The maximum atomic E-state index is 15.0. The van der Waals surface area contributed by atoms with Gasteiger partial charge in [-0.05, 0) is 62.9 Å². The third-order valence-electron chi connectivity index (χ3n) is 6.66. The highest BCUT2D eigenvalue weighted by Gasteiger charge is 2.36. The molecule has 216 valence electrons. The molecule has 0 radical (unpaired) electrons. The van der Waals surface area contributed by atoms with Gasteiger partial charge >= 0.3 is 17.4 Å². The number of hydrogen-bond donors (Lipinski definition) is 1. The highest BCUT2D eigenvalue weighted by molar-refractivity contribution is 6.28. The maximum absolute atomic E-state index is 15.0. The summed E-state index contributed by atoms with van der Waals surface area (Å²) < 4.78 is 22.2. The quantitative estimate of drug-likeness (QED) is 0.267. The third kappa shape index (κ3) is 5.67. The molecule has 13 heteroatoms. The van der Waals surface area contributed by atoms with Crippen molar-refractivity contribution in [1.29, 1.82) is 0 Å². The molecular formula is C27H36ClFN7O4+. The van der Waals surface area contributed by atoms with Gasteiger partial charge in [0.25, 0.3) is 5.15 Å². The molecule has 4 rings (SSSR count). The second-order valence-electron chi connectivity index (χ2n) is 11.0. The number of piperazine rings is 1. The molecule has 3 aromatic heterocycles. The highest BCUT2D eigenvalue weighted by atomic mass is 35.5. The van der Waals surface area contributed by atoms with E-state index < -0.39 is 28.4 Å². The van der Waals surface area contributed by atoms with E-state index in [1.807, 2.05) is 25.7 Å². The van der Waals surface area contributed by atoms with Crippen LogP contribution in [0, 0.1) is 5.82 Å². The summed E-state index contributed by atoms with van der Waals surface area (Å²) in [7, 11) is 0. The summed E-state index contributed by atoms with van der Waals surface area (Å²) in [5, 5.41) is 10.7. The minimum absolute atomic E-state index is 0.0484. The van der Waals surface area contributed by atoms with Gasteiger partial charge in [0.05, 0.1) is 11.4 Å². The molecule has 11 nitrogen and oxygen atoms in total. The molecule has 3 aromatic rings. The van der Waals surface area contributed by atoms with Gasteiger partial charge in [-0.15, -0.1) is 4.57 Å². The fourth-order valence-electron chi connectivity index (χ4n) is 4.97.